The van der Waals surface area contributed by atoms with Gasteiger partial charge < -0.3 is 5.32 Å². The molecule has 2 bridgehead atoms. The quantitative estimate of drug-likeness (QED) is 0.881. The normalized spacial score (nSPS) is 27.1. The molecule has 1 aromatic carbocycles. The number of fused-ring (bicyclic) bond motifs is 2. The molecule has 5 nitrogen and oxygen atoms in total. The van der Waals surface area contributed by atoms with Crippen LogP contribution >= 0.6 is 0 Å². The Labute approximate surface area is 116 Å². The third-order valence-electron chi connectivity index (χ3n) is 3.90. The molecular weight excluding hydrogens is 283 g/mol. The Morgan fingerprint density at radius 3 is 2.65 bits per heavy atom. The summed E-state index contributed by atoms with van der Waals surface area (Å²) >= 11 is 0. The first-order valence-electron chi connectivity index (χ1n) is 6.55. The van der Waals surface area contributed by atoms with Crippen LogP contribution in [0.5, 0.6) is 0 Å². The molecule has 2 unspecified atom stereocenters. The molecule has 0 aromatic heterocycles. The van der Waals surface area contributed by atoms with Gasteiger partial charge in [-0.3, -0.25) is 4.79 Å². The molecule has 1 N–H and O–H groups in total. The summed E-state index contributed by atoms with van der Waals surface area (Å²) in [5.74, 6) is -0.902. The minimum atomic E-state index is -3.91. The van der Waals surface area contributed by atoms with Crippen LogP contribution in [0, 0.1) is 5.82 Å². The van der Waals surface area contributed by atoms with Crippen LogP contribution in [0.4, 0.5) is 4.39 Å². The fourth-order valence-corrected chi connectivity index (χ4v) is 4.94. The van der Waals surface area contributed by atoms with Crippen LogP contribution in [-0.2, 0) is 14.8 Å². The highest BCUT2D eigenvalue weighted by atomic mass is 32.2. The lowest BCUT2D eigenvalue weighted by molar-refractivity contribution is -0.121. The largest absolute Gasteiger partial charge is 0.354 e. The van der Waals surface area contributed by atoms with Gasteiger partial charge in [0.1, 0.15) is 10.7 Å². The van der Waals surface area contributed by atoms with E-state index in [2.05, 4.69) is 5.32 Å². The first-order valence-corrected chi connectivity index (χ1v) is 7.99. The Bertz CT molecular complexity index is 647. The number of benzene rings is 1. The number of hydrogen-bond donors (Lipinski definition) is 1. The average molecular weight is 298 g/mol. The molecule has 2 aliphatic heterocycles. The van der Waals surface area contributed by atoms with Crippen LogP contribution in [0.2, 0.25) is 0 Å². The van der Waals surface area contributed by atoms with Crippen LogP contribution in [0.25, 0.3) is 0 Å². The highest BCUT2D eigenvalue weighted by Crippen LogP contribution is 2.34. The van der Waals surface area contributed by atoms with Crippen molar-refractivity contribution < 1.29 is 17.6 Å². The molecule has 7 heteroatoms. The number of sulfonamides is 1. The second-order valence-corrected chi connectivity index (χ2v) is 6.97. The van der Waals surface area contributed by atoms with Crippen molar-refractivity contribution in [3.05, 3.63) is 30.1 Å². The van der Waals surface area contributed by atoms with Gasteiger partial charge in [0.05, 0.1) is 0 Å². The van der Waals surface area contributed by atoms with Gasteiger partial charge in [-0.1, -0.05) is 12.1 Å². The number of nitrogens with zero attached hydrogens (tertiary/aromatic N) is 1. The molecule has 0 spiro atoms. The molecule has 2 aliphatic rings. The lowest BCUT2D eigenvalue weighted by atomic mass is 10.1. The Morgan fingerprint density at radius 2 is 1.90 bits per heavy atom. The Balaban J connectivity index is 2.03. The topological polar surface area (TPSA) is 66.5 Å². The highest BCUT2D eigenvalue weighted by molar-refractivity contribution is 7.89. The molecule has 1 amide bonds. The molecule has 20 heavy (non-hydrogen) atoms. The lowest BCUT2D eigenvalue weighted by Gasteiger charge is -2.26. The first kappa shape index (κ1) is 13.5. The van der Waals surface area contributed by atoms with Crippen molar-refractivity contribution in [1.82, 2.24) is 9.62 Å². The summed E-state index contributed by atoms with van der Waals surface area (Å²) < 4.78 is 40.5. The van der Waals surface area contributed by atoms with Crippen molar-refractivity contribution in [2.45, 2.75) is 36.2 Å². The predicted octanol–water partition coefficient (Wildman–Crippen LogP) is 0.867. The summed E-state index contributed by atoms with van der Waals surface area (Å²) in [6.07, 6.45) is 1.48. The highest BCUT2D eigenvalue weighted by Gasteiger charge is 2.45. The lowest BCUT2D eigenvalue weighted by Crippen LogP contribution is -2.42. The van der Waals surface area contributed by atoms with Crippen LogP contribution in [0.15, 0.2) is 29.2 Å². The third-order valence-corrected chi connectivity index (χ3v) is 5.94. The van der Waals surface area contributed by atoms with Gasteiger partial charge in [0.2, 0.25) is 15.9 Å². The van der Waals surface area contributed by atoms with E-state index in [1.807, 2.05) is 0 Å². The SMILES string of the molecule is O=C1CC2CCC(CN1)N2S(=O)(=O)c1ccccc1F. The second-order valence-electron chi connectivity index (χ2n) is 5.16. The molecule has 3 rings (SSSR count). The summed E-state index contributed by atoms with van der Waals surface area (Å²) in [6.45, 7) is 0.295. The van der Waals surface area contributed by atoms with Crippen molar-refractivity contribution in [3.63, 3.8) is 0 Å². The molecule has 108 valence electrons. The maximum Gasteiger partial charge on any atom is 0.246 e. The van der Waals surface area contributed by atoms with Crippen LogP contribution in [-0.4, -0.2) is 37.3 Å². The fraction of sp³-hybridized carbons (Fsp3) is 0.462. The summed E-state index contributed by atoms with van der Waals surface area (Å²) in [4.78, 5) is 11.2. The van der Waals surface area contributed by atoms with Crippen LogP contribution in [0.1, 0.15) is 19.3 Å². The van der Waals surface area contributed by atoms with E-state index < -0.39 is 15.8 Å². The summed E-state index contributed by atoms with van der Waals surface area (Å²) in [6, 6.07) is 4.71. The van der Waals surface area contributed by atoms with Gasteiger partial charge >= 0.3 is 0 Å². The zero-order valence-corrected chi connectivity index (χ0v) is 11.6. The molecule has 0 aliphatic carbocycles. The molecule has 2 heterocycles. The maximum absolute atomic E-state index is 13.8. The minimum absolute atomic E-state index is 0.143. The predicted molar refractivity (Wildman–Crippen MR) is 69.9 cm³/mol. The molecule has 1 aromatic rings. The van der Waals surface area contributed by atoms with Crippen molar-refractivity contribution in [2.24, 2.45) is 0 Å². The summed E-state index contributed by atoms with van der Waals surface area (Å²) in [5, 5.41) is 2.71. The van der Waals surface area contributed by atoms with E-state index in [1.165, 1.54) is 22.5 Å². The van der Waals surface area contributed by atoms with E-state index in [9.17, 15) is 17.6 Å². The van der Waals surface area contributed by atoms with Crippen molar-refractivity contribution >= 4 is 15.9 Å². The van der Waals surface area contributed by atoms with Crippen molar-refractivity contribution in [1.29, 1.82) is 0 Å². The molecule has 2 saturated heterocycles. The van der Waals surface area contributed by atoms with Crippen molar-refractivity contribution in [2.75, 3.05) is 6.54 Å². The van der Waals surface area contributed by atoms with E-state index in [-0.39, 0.29) is 29.3 Å². The number of carbonyl (C=O) groups excluding carboxylic acids is 1. The van der Waals surface area contributed by atoms with E-state index in [4.69, 9.17) is 0 Å². The molecule has 0 saturated carbocycles. The second kappa shape index (κ2) is 4.82. The maximum atomic E-state index is 13.8. The number of carbonyl (C=O) groups is 1. The van der Waals surface area contributed by atoms with Gasteiger partial charge in [-0.25, -0.2) is 12.8 Å². The van der Waals surface area contributed by atoms with Crippen LogP contribution in [0.3, 0.4) is 0 Å². The van der Waals surface area contributed by atoms with Crippen LogP contribution < -0.4 is 5.32 Å². The Morgan fingerprint density at radius 1 is 1.20 bits per heavy atom. The zero-order chi connectivity index (χ0) is 14.3. The minimum Gasteiger partial charge on any atom is -0.354 e. The zero-order valence-electron chi connectivity index (χ0n) is 10.8. The van der Waals surface area contributed by atoms with Gasteiger partial charge in [-0.2, -0.15) is 4.31 Å². The monoisotopic (exact) mass is 298 g/mol. The van der Waals surface area contributed by atoms with Crippen molar-refractivity contribution in [3.8, 4) is 0 Å². The van der Waals surface area contributed by atoms with E-state index >= 15 is 0 Å². The Kier molecular flexibility index (Phi) is 3.25. The third kappa shape index (κ3) is 2.10. The van der Waals surface area contributed by atoms with Gasteiger partial charge in [0, 0.05) is 25.0 Å². The Hall–Kier alpha value is -1.47. The van der Waals surface area contributed by atoms with E-state index in [0.717, 1.165) is 6.07 Å². The fourth-order valence-electron chi connectivity index (χ4n) is 3.00. The average Bonchev–Trinajstić information content (AvgIpc) is 2.71. The molecule has 2 fully saturated rings. The van der Waals surface area contributed by atoms with Gasteiger partial charge in [0.15, 0.2) is 0 Å². The van der Waals surface area contributed by atoms with Gasteiger partial charge in [0.25, 0.3) is 0 Å². The number of amides is 1. The smallest absolute Gasteiger partial charge is 0.246 e. The van der Waals surface area contributed by atoms with E-state index in [0.29, 0.717) is 19.4 Å². The molecule has 2 atom stereocenters. The first-order chi connectivity index (χ1) is 9.50. The summed E-state index contributed by atoms with van der Waals surface area (Å²) in [7, 11) is -3.91. The number of rotatable bonds is 2. The van der Waals surface area contributed by atoms with E-state index in [1.54, 1.807) is 0 Å². The number of hydrogen-bond acceptors (Lipinski definition) is 3. The molecular formula is C13H15FN2O3S. The molecule has 0 radical (unpaired) electrons. The summed E-state index contributed by atoms with van der Waals surface area (Å²) in [5.41, 5.74) is 0. The number of nitrogens with one attached hydrogen (secondary N) is 1. The van der Waals surface area contributed by atoms with Gasteiger partial charge in [-0.05, 0) is 25.0 Å². The standard InChI is InChI=1S/C13H15FN2O3S/c14-11-3-1-2-4-12(11)20(18,19)16-9-5-6-10(16)8-15-13(17)7-9/h1-4,9-10H,5-8H2,(H,15,17). The van der Waals surface area contributed by atoms with Gasteiger partial charge in [-0.15, -0.1) is 0 Å². The number of halogens is 1.